The molecule has 1 fully saturated rings. The maximum Gasteiger partial charge on any atom is 0.252 e. The highest BCUT2D eigenvalue weighted by Crippen LogP contribution is 2.25. The largest absolute Gasteiger partial charge is 0.398 e. The van der Waals surface area contributed by atoms with E-state index in [9.17, 15) is 9.59 Å². The quantitative estimate of drug-likeness (QED) is 0.384. The van der Waals surface area contributed by atoms with Crippen molar-refractivity contribution < 1.29 is 0 Å². The third kappa shape index (κ3) is 3.97. The van der Waals surface area contributed by atoms with Gasteiger partial charge in [0.1, 0.15) is 5.65 Å². The summed E-state index contributed by atoms with van der Waals surface area (Å²) in [5, 5.41) is 10.2. The summed E-state index contributed by atoms with van der Waals surface area (Å²) in [6.07, 6.45) is 2.09. The highest BCUT2D eigenvalue weighted by molar-refractivity contribution is 7.97. The number of nitrogens with one attached hydrogen (secondary N) is 1. The first-order valence-corrected chi connectivity index (χ1v) is 11.9. The fraction of sp³-hybridized carbons (Fsp3) is 0.391. The number of nitrogens with zero attached hydrogens (tertiary/aromatic N) is 3. The minimum atomic E-state index is -0.0408. The van der Waals surface area contributed by atoms with Crippen LogP contribution in [-0.4, -0.2) is 39.7 Å². The summed E-state index contributed by atoms with van der Waals surface area (Å²) in [6, 6.07) is 13.3. The van der Waals surface area contributed by atoms with Crippen LogP contribution in [0.15, 0.2) is 56.9 Å². The van der Waals surface area contributed by atoms with Crippen LogP contribution in [0.25, 0.3) is 11.0 Å². The maximum absolute atomic E-state index is 12.6. The molecule has 168 valence electrons. The lowest BCUT2D eigenvalue weighted by atomic mass is 10.0. The molecule has 5 N–H and O–H groups in total. The second-order valence-electron chi connectivity index (χ2n) is 8.70. The van der Waals surface area contributed by atoms with Crippen molar-refractivity contribution in [2.45, 2.75) is 42.9 Å². The number of anilines is 1. The molecule has 2 aliphatic heterocycles. The summed E-state index contributed by atoms with van der Waals surface area (Å²) in [5.74, 6) is 0. The van der Waals surface area contributed by atoms with Gasteiger partial charge in [-0.15, -0.1) is 0 Å². The predicted molar refractivity (Wildman–Crippen MR) is 129 cm³/mol. The first-order valence-electron chi connectivity index (χ1n) is 11.0. The van der Waals surface area contributed by atoms with Gasteiger partial charge in [0.05, 0.1) is 6.04 Å². The van der Waals surface area contributed by atoms with E-state index in [1.165, 1.54) is 11.9 Å². The van der Waals surface area contributed by atoms with Crippen molar-refractivity contribution in [3.63, 3.8) is 0 Å². The summed E-state index contributed by atoms with van der Waals surface area (Å²) < 4.78 is 3.56. The fourth-order valence-corrected chi connectivity index (χ4v) is 5.33. The Morgan fingerprint density at radius 3 is 2.50 bits per heavy atom. The number of hydrogen-bond donors (Lipinski definition) is 3. The van der Waals surface area contributed by atoms with Crippen LogP contribution in [-0.2, 0) is 13.1 Å². The van der Waals surface area contributed by atoms with Crippen molar-refractivity contribution in [3.8, 4) is 0 Å². The summed E-state index contributed by atoms with van der Waals surface area (Å²) >= 11 is 1.17. The second-order valence-corrected chi connectivity index (χ2v) is 9.38. The minimum Gasteiger partial charge on any atom is -0.398 e. The Hall–Kier alpha value is -2.59. The Morgan fingerprint density at radius 1 is 1.03 bits per heavy atom. The highest BCUT2D eigenvalue weighted by atomic mass is 32.2. The molecule has 0 saturated carbocycles. The Morgan fingerprint density at radius 2 is 1.78 bits per heavy atom. The number of pyridine rings is 2. The number of rotatable bonds is 6. The zero-order chi connectivity index (χ0) is 22.2. The first kappa shape index (κ1) is 21.3. The number of likely N-dealkylation sites (tertiary alicyclic amines) is 1. The molecule has 1 atom stereocenters. The molecule has 8 nitrogen and oxygen atoms in total. The van der Waals surface area contributed by atoms with Crippen LogP contribution in [0.2, 0.25) is 0 Å². The van der Waals surface area contributed by atoms with Gasteiger partial charge < -0.3 is 16.0 Å². The van der Waals surface area contributed by atoms with Gasteiger partial charge in [-0.2, -0.15) is 0 Å². The SMILES string of the molecule is NSc1ccc(CNC2CCN(CC3Cn4c(=O)ccc5ccc(=O)n3c54)CC2)cc1N. The zero-order valence-electron chi connectivity index (χ0n) is 17.9. The van der Waals surface area contributed by atoms with Crippen LogP contribution in [0.5, 0.6) is 0 Å². The third-order valence-electron chi connectivity index (χ3n) is 6.67. The topological polar surface area (TPSA) is 111 Å². The molecule has 0 amide bonds. The molecule has 0 bridgehead atoms. The molecular formula is C23H28N6O2S. The molecule has 1 unspecified atom stereocenters. The summed E-state index contributed by atoms with van der Waals surface area (Å²) in [6.45, 7) is 4.06. The molecular weight excluding hydrogens is 424 g/mol. The van der Waals surface area contributed by atoms with E-state index >= 15 is 0 Å². The van der Waals surface area contributed by atoms with E-state index in [4.69, 9.17) is 10.9 Å². The molecule has 9 heteroatoms. The predicted octanol–water partition coefficient (Wildman–Crippen LogP) is 1.52. The second kappa shape index (κ2) is 8.74. The van der Waals surface area contributed by atoms with Gasteiger partial charge >= 0.3 is 0 Å². The lowest BCUT2D eigenvalue weighted by molar-refractivity contribution is 0.171. The molecule has 1 aromatic carbocycles. The fourth-order valence-electron chi connectivity index (χ4n) is 4.99. The first-order chi connectivity index (χ1) is 15.5. The van der Waals surface area contributed by atoms with E-state index in [0.717, 1.165) is 60.5 Å². The lowest BCUT2D eigenvalue weighted by Gasteiger charge is -2.34. The molecule has 1 saturated heterocycles. The van der Waals surface area contributed by atoms with Crippen LogP contribution < -0.4 is 27.3 Å². The van der Waals surface area contributed by atoms with Crippen molar-refractivity contribution in [2.75, 3.05) is 25.4 Å². The van der Waals surface area contributed by atoms with E-state index < -0.39 is 0 Å². The molecule has 0 radical (unpaired) electrons. The molecule has 5 rings (SSSR count). The van der Waals surface area contributed by atoms with Crippen molar-refractivity contribution in [3.05, 3.63) is 68.7 Å². The smallest absolute Gasteiger partial charge is 0.252 e. The van der Waals surface area contributed by atoms with Gasteiger partial charge in [-0.05, 0) is 67.7 Å². The van der Waals surface area contributed by atoms with Gasteiger partial charge in [-0.3, -0.25) is 23.9 Å². The van der Waals surface area contributed by atoms with E-state index in [1.54, 1.807) is 28.8 Å². The number of nitrogen functional groups attached to an aromatic ring is 1. The average molecular weight is 453 g/mol. The lowest BCUT2D eigenvalue weighted by Crippen LogP contribution is -2.44. The summed E-state index contributed by atoms with van der Waals surface area (Å²) in [7, 11) is 0. The molecule has 2 aromatic heterocycles. The maximum atomic E-state index is 12.6. The van der Waals surface area contributed by atoms with Crippen molar-refractivity contribution in [2.24, 2.45) is 5.14 Å². The van der Waals surface area contributed by atoms with Gasteiger partial charge in [0.15, 0.2) is 0 Å². The number of hydrogen-bond acceptors (Lipinski definition) is 7. The van der Waals surface area contributed by atoms with E-state index in [0.29, 0.717) is 18.3 Å². The van der Waals surface area contributed by atoms with Crippen LogP contribution in [0.3, 0.4) is 0 Å². The molecule has 2 aliphatic rings. The van der Waals surface area contributed by atoms with Gasteiger partial charge in [0, 0.05) is 53.8 Å². The summed E-state index contributed by atoms with van der Waals surface area (Å²) in [4.78, 5) is 28.3. The normalized spacial score (nSPS) is 19.1. The van der Waals surface area contributed by atoms with E-state index in [-0.39, 0.29) is 17.2 Å². The van der Waals surface area contributed by atoms with E-state index in [2.05, 4.69) is 16.3 Å². The number of aromatic nitrogens is 2. The number of piperidine rings is 1. The van der Waals surface area contributed by atoms with Gasteiger partial charge in [0.25, 0.3) is 11.1 Å². The van der Waals surface area contributed by atoms with Crippen molar-refractivity contribution in [1.29, 1.82) is 0 Å². The van der Waals surface area contributed by atoms with Crippen LogP contribution in [0, 0.1) is 0 Å². The van der Waals surface area contributed by atoms with E-state index in [1.807, 2.05) is 16.7 Å². The van der Waals surface area contributed by atoms with Crippen molar-refractivity contribution >= 4 is 28.7 Å². The molecule has 0 spiro atoms. The standard InChI is InChI=1S/C23H28N6O2S/c24-19-11-15(1-4-20(19)32-25)12-26-17-7-9-27(10-8-17)13-18-14-28-21(30)5-2-16-3-6-22(31)29(18)23(16)28/h1-6,11,17-18,26H,7-10,12-14,24-25H2. The Kier molecular flexibility index (Phi) is 5.81. The van der Waals surface area contributed by atoms with Gasteiger partial charge in [-0.1, -0.05) is 6.07 Å². The molecule has 32 heavy (non-hydrogen) atoms. The Bertz CT molecular complexity index is 1260. The molecule has 3 aromatic rings. The van der Waals surface area contributed by atoms with Crippen LogP contribution in [0.1, 0.15) is 24.4 Å². The van der Waals surface area contributed by atoms with Crippen LogP contribution >= 0.6 is 11.9 Å². The third-order valence-corrected chi connectivity index (χ3v) is 7.29. The Labute approximate surface area is 190 Å². The number of nitrogens with two attached hydrogens (primary N) is 2. The molecule has 0 aliphatic carbocycles. The zero-order valence-corrected chi connectivity index (χ0v) is 18.7. The monoisotopic (exact) mass is 452 g/mol. The van der Waals surface area contributed by atoms with Crippen molar-refractivity contribution in [1.82, 2.24) is 19.4 Å². The van der Waals surface area contributed by atoms with Gasteiger partial charge in [-0.25, -0.2) is 0 Å². The highest BCUT2D eigenvalue weighted by Gasteiger charge is 2.29. The van der Waals surface area contributed by atoms with Gasteiger partial charge in [0.2, 0.25) is 0 Å². The molecule has 4 heterocycles. The van der Waals surface area contributed by atoms with Crippen LogP contribution in [0.4, 0.5) is 5.69 Å². The minimum absolute atomic E-state index is 0.00675. The average Bonchev–Trinajstić information content (AvgIpc) is 3.19. The Balaban J connectivity index is 1.19. The number of benzene rings is 1. The summed E-state index contributed by atoms with van der Waals surface area (Å²) in [5.41, 5.74) is 8.59.